The zero-order valence-corrected chi connectivity index (χ0v) is 7.48. The predicted octanol–water partition coefficient (Wildman–Crippen LogP) is -0.106. The minimum Gasteiger partial charge on any atom is -0.383 e. The number of ether oxygens (including phenoxy) is 1. The highest BCUT2D eigenvalue weighted by Crippen LogP contribution is 2.07. The molecule has 0 aliphatic heterocycles. The van der Waals surface area contributed by atoms with E-state index in [1.165, 1.54) is 10.9 Å². The third-order valence-corrected chi connectivity index (χ3v) is 1.67. The predicted molar refractivity (Wildman–Crippen MR) is 44.8 cm³/mol. The Bertz CT molecular complexity index is 252. The molecule has 1 aromatic rings. The Hall–Kier alpha value is -1.01. The molecule has 0 fully saturated rings. The molecule has 0 spiro atoms. The quantitative estimate of drug-likeness (QED) is 0.700. The number of hydrogen-bond donors (Lipinski definition) is 1. The normalized spacial score (nSPS) is 13.2. The fourth-order valence-corrected chi connectivity index (χ4v) is 1.07. The number of nitrogens with zero attached hydrogens (tertiary/aromatic N) is 3. The SMILES string of the molecule is COC[C@H](N)c1cnnn1CCF. The van der Waals surface area contributed by atoms with Gasteiger partial charge >= 0.3 is 0 Å². The summed E-state index contributed by atoms with van der Waals surface area (Å²) in [7, 11) is 1.56. The molecule has 1 atom stereocenters. The lowest BCUT2D eigenvalue weighted by molar-refractivity contribution is 0.177. The molecule has 5 nitrogen and oxygen atoms in total. The van der Waals surface area contributed by atoms with Crippen molar-refractivity contribution in [2.45, 2.75) is 12.6 Å². The average Bonchev–Trinajstić information content (AvgIpc) is 2.54. The second kappa shape index (κ2) is 4.88. The summed E-state index contributed by atoms with van der Waals surface area (Å²) in [5, 5.41) is 7.36. The molecule has 0 aromatic carbocycles. The van der Waals surface area contributed by atoms with E-state index in [0.717, 1.165) is 0 Å². The van der Waals surface area contributed by atoms with Gasteiger partial charge in [0.1, 0.15) is 6.67 Å². The van der Waals surface area contributed by atoms with Crippen LogP contribution in [0.3, 0.4) is 0 Å². The van der Waals surface area contributed by atoms with Crippen molar-refractivity contribution in [1.82, 2.24) is 15.0 Å². The van der Waals surface area contributed by atoms with Crippen LogP contribution in [-0.4, -0.2) is 35.4 Å². The maximum Gasteiger partial charge on any atom is 0.109 e. The maximum absolute atomic E-state index is 12.0. The highest BCUT2D eigenvalue weighted by molar-refractivity contribution is 5.01. The molecule has 0 radical (unpaired) electrons. The Balaban J connectivity index is 2.68. The molecule has 0 bridgehead atoms. The summed E-state index contributed by atoms with van der Waals surface area (Å²) >= 11 is 0. The number of aryl methyl sites for hydroxylation is 1. The Morgan fingerprint density at radius 3 is 3.15 bits per heavy atom. The van der Waals surface area contributed by atoms with E-state index in [9.17, 15) is 4.39 Å². The van der Waals surface area contributed by atoms with E-state index in [0.29, 0.717) is 12.3 Å². The summed E-state index contributed by atoms with van der Waals surface area (Å²) in [6.45, 7) is 0.0858. The van der Waals surface area contributed by atoms with Crippen molar-refractivity contribution in [3.63, 3.8) is 0 Å². The van der Waals surface area contributed by atoms with Crippen LogP contribution in [0.2, 0.25) is 0 Å². The average molecular weight is 188 g/mol. The van der Waals surface area contributed by atoms with Gasteiger partial charge < -0.3 is 10.5 Å². The first kappa shape index (κ1) is 10.1. The van der Waals surface area contributed by atoms with Crippen LogP contribution in [-0.2, 0) is 11.3 Å². The molecule has 1 heterocycles. The highest BCUT2D eigenvalue weighted by atomic mass is 19.1. The molecule has 13 heavy (non-hydrogen) atoms. The zero-order chi connectivity index (χ0) is 9.68. The first-order valence-corrected chi connectivity index (χ1v) is 3.98. The second-order valence-electron chi connectivity index (χ2n) is 2.63. The molecule has 2 N–H and O–H groups in total. The summed E-state index contributed by atoms with van der Waals surface area (Å²) in [5.74, 6) is 0. The Labute approximate surface area is 75.7 Å². The van der Waals surface area contributed by atoms with E-state index in [2.05, 4.69) is 10.3 Å². The molecular weight excluding hydrogens is 175 g/mol. The lowest BCUT2D eigenvalue weighted by Crippen LogP contribution is -2.21. The number of nitrogens with two attached hydrogens (primary N) is 1. The van der Waals surface area contributed by atoms with Crippen LogP contribution in [0.4, 0.5) is 4.39 Å². The fourth-order valence-electron chi connectivity index (χ4n) is 1.07. The Morgan fingerprint density at radius 2 is 2.54 bits per heavy atom. The molecule has 1 rings (SSSR count). The largest absolute Gasteiger partial charge is 0.383 e. The van der Waals surface area contributed by atoms with Gasteiger partial charge in [-0.2, -0.15) is 0 Å². The van der Waals surface area contributed by atoms with Gasteiger partial charge in [0.15, 0.2) is 0 Å². The van der Waals surface area contributed by atoms with E-state index < -0.39 is 6.67 Å². The molecule has 0 aliphatic carbocycles. The van der Waals surface area contributed by atoms with Gasteiger partial charge in [-0.05, 0) is 0 Å². The molecule has 6 heteroatoms. The van der Waals surface area contributed by atoms with Gasteiger partial charge in [0.05, 0.1) is 31.1 Å². The number of hydrogen-bond acceptors (Lipinski definition) is 4. The molecule has 0 saturated carbocycles. The van der Waals surface area contributed by atoms with Crippen LogP contribution in [0.5, 0.6) is 0 Å². The van der Waals surface area contributed by atoms with Gasteiger partial charge in [-0.15, -0.1) is 5.10 Å². The van der Waals surface area contributed by atoms with E-state index in [-0.39, 0.29) is 12.6 Å². The van der Waals surface area contributed by atoms with Crippen LogP contribution < -0.4 is 5.73 Å². The van der Waals surface area contributed by atoms with Crippen molar-refractivity contribution in [3.05, 3.63) is 11.9 Å². The van der Waals surface area contributed by atoms with E-state index >= 15 is 0 Å². The summed E-state index contributed by atoms with van der Waals surface area (Å²) in [4.78, 5) is 0. The molecule has 0 saturated heterocycles. The molecule has 0 aliphatic rings. The minimum atomic E-state index is -0.476. The van der Waals surface area contributed by atoms with Crippen molar-refractivity contribution < 1.29 is 9.13 Å². The standard InChI is InChI=1S/C7H13FN4O/c1-13-5-6(9)7-4-10-11-12(7)3-2-8/h4,6H,2-3,5,9H2,1H3/t6-/m0/s1. The van der Waals surface area contributed by atoms with Gasteiger partial charge in [-0.3, -0.25) is 0 Å². The van der Waals surface area contributed by atoms with Crippen LogP contribution >= 0.6 is 0 Å². The first-order chi connectivity index (χ1) is 6.29. The van der Waals surface area contributed by atoms with Gasteiger partial charge in [-0.25, -0.2) is 9.07 Å². The molecular formula is C7H13FN4O. The van der Waals surface area contributed by atoms with E-state index in [1.54, 1.807) is 7.11 Å². The van der Waals surface area contributed by atoms with Crippen molar-refractivity contribution in [2.75, 3.05) is 20.4 Å². The summed E-state index contributed by atoms with van der Waals surface area (Å²) in [5.41, 5.74) is 6.43. The Kier molecular flexibility index (Phi) is 3.78. The van der Waals surface area contributed by atoms with Gasteiger partial charge in [0.25, 0.3) is 0 Å². The highest BCUT2D eigenvalue weighted by Gasteiger charge is 2.11. The Morgan fingerprint density at radius 1 is 1.77 bits per heavy atom. The van der Waals surface area contributed by atoms with Crippen LogP contribution in [0.15, 0.2) is 6.20 Å². The fraction of sp³-hybridized carbons (Fsp3) is 0.714. The topological polar surface area (TPSA) is 66.0 Å². The monoisotopic (exact) mass is 188 g/mol. The summed E-state index contributed by atoms with van der Waals surface area (Å²) < 4.78 is 18.3. The van der Waals surface area contributed by atoms with Gasteiger partial charge in [0.2, 0.25) is 0 Å². The van der Waals surface area contributed by atoms with Crippen molar-refractivity contribution in [2.24, 2.45) is 5.73 Å². The van der Waals surface area contributed by atoms with Crippen molar-refractivity contribution in [3.8, 4) is 0 Å². The van der Waals surface area contributed by atoms with Gasteiger partial charge in [-0.1, -0.05) is 5.21 Å². The van der Waals surface area contributed by atoms with Crippen molar-refractivity contribution >= 4 is 0 Å². The number of aromatic nitrogens is 3. The molecule has 1 aromatic heterocycles. The summed E-state index contributed by atoms with van der Waals surface area (Å²) in [6, 6.07) is -0.299. The molecule has 0 unspecified atom stereocenters. The summed E-state index contributed by atoms with van der Waals surface area (Å²) in [6.07, 6.45) is 1.53. The minimum absolute atomic E-state index is 0.187. The number of halogens is 1. The molecule has 0 amide bonds. The smallest absolute Gasteiger partial charge is 0.109 e. The van der Waals surface area contributed by atoms with Crippen molar-refractivity contribution in [1.29, 1.82) is 0 Å². The zero-order valence-electron chi connectivity index (χ0n) is 7.48. The van der Waals surface area contributed by atoms with Gasteiger partial charge in [0, 0.05) is 7.11 Å². The third kappa shape index (κ3) is 2.46. The first-order valence-electron chi connectivity index (χ1n) is 3.98. The van der Waals surface area contributed by atoms with E-state index in [1.807, 2.05) is 0 Å². The number of methoxy groups -OCH3 is 1. The van der Waals surface area contributed by atoms with E-state index in [4.69, 9.17) is 10.5 Å². The van der Waals surface area contributed by atoms with Crippen LogP contribution in [0.25, 0.3) is 0 Å². The number of rotatable bonds is 5. The van der Waals surface area contributed by atoms with Crippen LogP contribution in [0, 0.1) is 0 Å². The third-order valence-electron chi connectivity index (χ3n) is 1.67. The lowest BCUT2D eigenvalue weighted by Gasteiger charge is -2.10. The van der Waals surface area contributed by atoms with Crippen LogP contribution in [0.1, 0.15) is 11.7 Å². The number of alkyl halides is 1. The molecule has 74 valence electrons. The lowest BCUT2D eigenvalue weighted by atomic mass is 10.2. The maximum atomic E-state index is 12.0. The second-order valence-corrected chi connectivity index (χ2v) is 2.63.